The maximum Gasteiger partial charge on any atom is 0.259 e. The minimum atomic E-state index is -1.35. The minimum absolute atomic E-state index is 0.0171. The quantitative estimate of drug-likeness (QED) is 0.451. The highest BCUT2D eigenvalue weighted by atomic mass is 16.5. The Morgan fingerprint density at radius 2 is 1.55 bits per heavy atom. The third-order valence-corrected chi connectivity index (χ3v) is 4.61. The molecule has 0 bridgehead atoms. The van der Waals surface area contributed by atoms with Crippen molar-refractivity contribution in [3.8, 4) is 11.5 Å². The molecule has 3 rings (SSSR count). The van der Waals surface area contributed by atoms with Crippen molar-refractivity contribution >= 4 is 29.0 Å². The van der Waals surface area contributed by atoms with Crippen LogP contribution in [-0.2, 0) is 19.2 Å². The number of benzene rings is 1. The zero-order valence-corrected chi connectivity index (χ0v) is 16.4. The van der Waals surface area contributed by atoms with Crippen LogP contribution in [0, 0.1) is 5.92 Å². The van der Waals surface area contributed by atoms with E-state index < -0.39 is 29.3 Å². The molecule has 2 N–H and O–H groups in total. The maximum atomic E-state index is 12.7. The van der Waals surface area contributed by atoms with E-state index in [4.69, 9.17) is 9.47 Å². The summed E-state index contributed by atoms with van der Waals surface area (Å²) in [5.74, 6) is -2.99. The van der Waals surface area contributed by atoms with Crippen molar-refractivity contribution in [1.29, 1.82) is 0 Å². The van der Waals surface area contributed by atoms with E-state index in [1.165, 1.54) is 32.4 Å². The van der Waals surface area contributed by atoms with E-state index >= 15 is 0 Å². The lowest BCUT2D eigenvalue weighted by Gasteiger charge is -2.26. The Morgan fingerprint density at radius 1 is 0.897 bits per heavy atom. The van der Waals surface area contributed by atoms with Gasteiger partial charge in [0.05, 0.1) is 19.8 Å². The summed E-state index contributed by atoms with van der Waals surface area (Å²) in [6.07, 6.45) is 2.53. The van der Waals surface area contributed by atoms with Crippen LogP contribution in [0.4, 0.5) is 0 Å². The molecule has 1 unspecified atom stereocenters. The Morgan fingerprint density at radius 3 is 2.14 bits per heavy atom. The van der Waals surface area contributed by atoms with Crippen LogP contribution < -0.4 is 20.1 Å². The third kappa shape index (κ3) is 3.69. The summed E-state index contributed by atoms with van der Waals surface area (Å²) in [5.41, 5.74) is 0.858. The molecule has 2 aliphatic heterocycles. The van der Waals surface area contributed by atoms with E-state index in [9.17, 15) is 19.2 Å². The number of methoxy groups -OCH3 is 2. The number of nitrogens with one attached hydrogen (secondary N) is 2. The highest BCUT2D eigenvalue weighted by Gasteiger charge is 2.39. The van der Waals surface area contributed by atoms with Crippen molar-refractivity contribution in [2.45, 2.75) is 13.8 Å². The van der Waals surface area contributed by atoms with Crippen molar-refractivity contribution < 1.29 is 28.7 Å². The number of rotatable bonds is 4. The zero-order valence-electron chi connectivity index (χ0n) is 16.4. The molecule has 0 radical (unpaired) electrons. The second-order valence-electron chi connectivity index (χ2n) is 6.66. The molecule has 2 aliphatic rings. The van der Waals surface area contributed by atoms with Gasteiger partial charge >= 0.3 is 0 Å². The van der Waals surface area contributed by atoms with Crippen LogP contribution in [-0.4, -0.2) is 37.6 Å². The van der Waals surface area contributed by atoms with Gasteiger partial charge in [0.15, 0.2) is 23.1 Å². The molecule has 1 aromatic rings. The molecule has 0 saturated heterocycles. The van der Waals surface area contributed by atoms with Gasteiger partial charge in [-0.3, -0.25) is 19.2 Å². The second kappa shape index (κ2) is 7.75. The highest BCUT2D eigenvalue weighted by Crippen LogP contribution is 2.37. The summed E-state index contributed by atoms with van der Waals surface area (Å²) in [5, 5.41) is 5.16. The fraction of sp³-hybridized carbons (Fsp3) is 0.238. The molecule has 0 spiro atoms. The third-order valence-electron chi connectivity index (χ3n) is 4.61. The van der Waals surface area contributed by atoms with E-state index in [1.54, 1.807) is 26.0 Å². The standard InChI is InChI=1S/C21H20N2O6/c1-10-7-13(24)18(20(26)22-10)17(19-14(25)8-11(2)23-21(19)27)12-5-6-15(28-3)16(9-12)29-4/h5-9,18H,1-4H3,(H,22,26)(H,23,27)/b19-17+. The lowest BCUT2D eigenvalue weighted by Crippen LogP contribution is -2.41. The molecule has 8 nitrogen and oxygen atoms in total. The lowest BCUT2D eigenvalue weighted by molar-refractivity contribution is -0.129. The first-order valence-electron chi connectivity index (χ1n) is 8.80. The maximum absolute atomic E-state index is 12.7. The van der Waals surface area contributed by atoms with Crippen LogP contribution in [0.2, 0.25) is 0 Å². The number of hydrogen-bond donors (Lipinski definition) is 2. The van der Waals surface area contributed by atoms with Gasteiger partial charge in [0.25, 0.3) is 5.91 Å². The van der Waals surface area contributed by atoms with E-state index in [0.29, 0.717) is 28.5 Å². The molecule has 0 aromatic heterocycles. The van der Waals surface area contributed by atoms with Crippen molar-refractivity contribution in [2.24, 2.45) is 5.92 Å². The SMILES string of the molecule is COc1ccc(/C(=C2/C(=O)C=C(C)NC2=O)C2C(=O)C=C(C)NC2=O)cc1OC. The van der Waals surface area contributed by atoms with E-state index in [-0.39, 0.29) is 11.1 Å². The average Bonchev–Trinajstić information content (AvgIpc) is 2.64. The first kappa shape index (κ1) is 20.1. The average molecular weight is 396 g/mol. The van der Waals surface area contributed by atoms with Crippen molar-refractivity contribution in [3.05, 3.63) is 52.9 Å². The molecule has 2 amide bonds. The summed E-state index contributed by atoms with van der Waals surface area (Å²) >= 11 is 0. The van der Waals surface area contributed by atoms with Crippen LogP contribution in [0.15, 0.2) is 47.3 Å². The van der Waals surface area contributed by atoms with Gasteiger partial charge in [-0.2, -0.15) is 0 Å². The van der Waals surface area contributed by atoms with Crippen LogP contribution in [0.3, 0.4) is 0 Å². The Labute approximate surface area is 167 Å². The number of ether oxygens (including phenoxy) is 2. The van der Waals surface area contributed by atoms with Gasteiger partial charge in [-0.05, 0) is 37.1 Å². The largest absolute Gasteiger partial charge is 0.493 e. The molecule has 29 heavy (non-hydrogen) atoms. The van der Waals surface area contributed by atoms with Crippen LogP contribution in [0.25, 0.3) is 5.57 Å². The Hall–Kier alpha value is -3.68. The summed E-state index contributed by atoms with van der Waals surface area (Å²) in [6, 6.07) is 4.67. The predicted molar refractivity (Wildman–Crippen MR) is 104 cm³/mol. The molecule has 0 saturated carbocycles. The van der Waals surface area contributed by atoms with Gasteiger partial charge in [0, 0.05) is 23.5 Å². The summed E-state index contributed by atoms with van der Waals surface area (Å²) in [4.78, 5) is 50.8. The van der Waals surface area contributed by atoms with Gasteiger partial charge in [-0.15, -0.1) is 0 Å². The number of ketones is 2. The van der Waals surface area contributed by atoms with Gasteiger partial charge in [0.1, 0.15) is 5.92 Å². The smallest absolute Gasteiger partial charge is 0.259 e. The molecular weight excluding hydrogens is 376 g/mol. The van der Waals surface area contributed by atoms with Crippen LogP contribution in [0.1, 0.15) is 19.4 Å². The summed E-state index contributed by atoms with van der Waals surface area (Å²) < 4.78 is 10.5. The molecule has 150 valence electrons. The Balaban J connectivity index is 2.31. The number of hydrogen-bond acceptors (Lipinski definition) is 6. The topological polar surface area (TPSA) is 111 Å². The lowest BCUT2D eigenvalue weighted by atomic mass is 9.81. The van der Waals surface area contributed by atoms with Crippen molar-refractivity contribution in [1.82, 2.24) is 10.6 Å². The van der Waals surface area contributed by atoms with Crippen molar-refractivity contribution in [2.75, 3.05) is 14.2 Å². The molecule has 0 fully saturated rings. The first-order chi connectivity index (χ1) is 13.8. The fourth-order valence-electron chi connectivity index (χ4n) is 3.37. The first-order valence-corrected chi connectivity index (χ1v) is 8.80. The second-order valence-corrected chi connectivity index (χ2v) is 6.66. The Bertz CT molecular complexity index is 1030. The molecule has 2 heterocycles. The van der Waals surface area contributed by atoms with Crippen LogP contribution >= 0.6 is 0 Å². The van der Waals surface area contributed by atoms with Gasteiger partial charge in [0.2, 0.25) is 5.91 Å². The normalized spacial score (nSPS) is 21.0. The van der Waals surface area contributed by atoms with Gasteiger partial charge < -0.3 is 20.1 Å². The molecule has 1 atom stereocenters. The van der Waals surface area contributed by atoms with Gasteiger partial charge in [-0.25, -0.2) is 0 Å². The Kier molecular flexibility index (Phi) is 5.36. The summed E-state index contributed by atoms with van der Waals surface area (Å²) in [6.45, 7) is 3.16. The molecule has 1 aromatic carbocycles. The molecular formula is C21H20N2O6. The monoisotopic (exact) mass is 396 g/mol. The number of carbonyl (C=O) groups is 4. The molecule has 0 aliphatic carbocycles. The highest BCUT2D eigenvalue weighted by molar-refractivity contribution is 6.33. The van der Waals surface area contributed by atoms with E-state index in [1.807, 2.05) is 0 Å². The number of allylic oxidation sites excluding steroid dienone is 4. The minimum Gasteiger partial charge on any atom is -0.493 e. The fourth-order valence-corrected chi connectivity index (χ4v) is 3.37. The van der Waals surface area contributed by atoms with E-state index in [2.05, 4.69) is 10.6 Å². The summed E-state index contributed by atoms with van der Waals surface area (Å²) in [7, 11) is 2.90. The number of amides is 2. The van der Waals surface area contributed by atoms with Crippen molar-refractivity contribution in [3.63, 3.8) is 0 Å². The van der Waals surface area contributed by atoms with E-state index in [0.717, 1.165) is 0 Å². The number of carbonyl (C=O) groups excluding carboxylic acids is 4. The zero-order chi connectivity index (χ0) is 21.3. The molecule has 8 heteroatoms. The predicted octanol–water partition coefficient (Wildman–Crippen LogP) is 1.28. The van der Waals surface area contributed by atoms with Crippen LogP contribution in [0.5, 0.6) is 11.5 Å². The van der Waals surface area contributed by atoms with Gasteiger partial charge in [-0.1, -0.05) is 6.07 Å².